The van der Waals surface area contributed by atoms with Crippen LogP contribution in [0.1, 0.15) is 37.4 Å². The summed E-state index contributed by atoms with van der Waals surface area (Å²) in [6.45, 7) is 5.58. The first-order valence-corrected chi connectivity index (χ1v) is 8.27. The maximum Gasteiger partial charge on any atom is 0.234 e. The van der Waals surface area contributed by atoms with Gasteiger partial charge in [-0.3, -0.25) is 4.79 Å². The van der Waals surface area contributed by atoms with Gasteiger partial charge in [-0.05, 0) is 30.0 Å². The van der Waals surface area contributed by atoms with E-state index in [0.29, 0.717) is 12.5 Å². The summed E-state index contributed by atoms with van der Waals surface area (Å²) in [5, 5.41) is 6.35. The topological polar surface area (TPSA) is 41.1 Å². The van der Waals surface area contributed by atoms with Crippen LogP contribution in [0.15, 0.2) is 60.7 Å². The van der Waals surface area contributed by atoms with Crippen LogP contribution < -0.4 is 10.6 Å². The van der Waals surface area contributed by atoms with Gasteiger partial charge >= 0.3 is 0 Å². The molecule has 130 valence electrons. The number of carbonyl (C=O) groups is 1. The molecule has 0 saturated carbocycles. The molecule has 0 radical (unpaired) electrons. The highest BCUT2D eigenvalue weighted by atomic mass is 35.5. The lowest BCUT2D eigenvalue weighted by Gasteiger charge is -2.20. The van der Waals surface area contributed by atoms with Gasteiger partial charge in [0.15, 0.2) is 0 Å². The highest BCUT2D eigenvalue weighted by Gasteiger charge is 2.16. The predicted octanol–water partition coefficient (Wildman–Crippen LogP) is 3.95. The molecule has 0 aliphatic heterocycles. The Labute approximate surface area is 151 Å². The Morgan fingerprint density at radius 2 is 1.42 bits per heavy atom. The highest BCUT2D eigenvalue weighted by molar-refractivity contribution is 5.85. The third-order valence-electron chi connectivity index (χ3n) is 3.76. The van der Waals surface area contributed by atoms with E-state index in [1.807, 2.05) is 60.7 Å². The molecule has 2 aromatic carbocycles. The SMILES string of the molecule is CC(C)CCNCC(=O)NC(c1ccccc1)c1ccccc1.Cl. The lowest BCUT2D eigenvalue weighted by atomic mass is 9.99. The summed E-state index contributed by atoms with van der Waals surface area (Å²) in [6, 6.07) is 20.0. The van der Waals surface area contributed by atoms with E-state index in [0.717, 1.165) is 24.1 Å². The molecule has 0 bridgehead atoms. The average Bonchev–Trinajstić information content (AvgIpc) is 2.58. The normalized spacial score (nSPS) is 10.5. The second-order valence-electron chi connectivity index (χ2n) is 6.18. The molecule has 3 nitrogen and oxygen atoms in total. The second kappa shape index (κ2) is 10.8. The Bertz CT molecular complexity index is 548. The first-order valence-electron chi connectivity index (χ1n) is 8.27. The Kier molecular flexibility index (Phi) is 9.13. The van der Waals surface area contributed by atoms with Gasteiger partial charge in [-0.2, -0.15) is 0 Å². The van der Waals surface area contributed by atoms with Gasteiger partial charge in [0.25, 0.3) is 0 Å². The minimum atomic E-state index is -0.114. The maximum atomic E-state index is 12.3. The van der Waals surface area contributed by atoms with Crippen molar-refractivity contribution in [3.63, 3.8) is 0 Å². The quantitative estimate of drug-likeness (QED) is 0.710. The fourth-order valence-corrected chi connectivity index (χ4v) is 2.45. The fraction of sp³-hybridized carbons (Fsp3) is 0.350. The molecule has 0 aliphatic carbocycles. The van der Waals surface area contributed by atoms with Gasteiger partial charge < -0.3 is 10.6 Å². The van der Waals surface area contributed by atoms with E-state index in [9.17, 15) is 4.79 Å². The number of benzene rings is 2. The molecule has 0 atom stereocenters. The van der Waals surface area contributed by atoms with E-state index < -0.39 is 0 Å². The number of hydrogen-bond acceptors (Lipinski definition) is 2. The summed E-state index contributed by atoms with van der Waals surface area (Å²) >= 11 is 0. The van der Waals surface area contributed by atoms with Crippen LogP contribution in [-0.4, -0.2) is 19.0 Å². The van der Waals surface area contributed by atoms with Crippen molar-refractivity contribution in [2.75, 3.05) is 13.1 Å². The number of carbonyl (C=O) groups excluding carboxylic acids is 1. The van der Waals surface area contributed by atoms with Gasteiger partial charge in [-0.25, -0.2) is 0 Å². The third kappa shape index (κ3) is 6.73. The molecule has 4 heteroatoms. The lowest BCUT2D eigenvalue weighted by Crippen LogP contribution is -2.37. The molecule has 1 amide bonds. The number of amides is 1. The number of rotatable bonds is 8. The molecule has 2 aromatic rings. The predicted molar refractivity (Wildman–Crippen MR) is 102 cm³/mol. The van der Waals surface area contributed by atoms with Crippen LogP contribution in [0.4, 0.5) is 0 Å². The summed E-state index contributed by atoms with van der Waals surface area (Å²) in [7, 11) is 0. The standard InChI is InChI=1S/C20H26N2O.ClH/c1-16(2)13-14-21-15-19(23)22-20(17-9-5-3-6-10-17)18-11-7-4-8-12-18;/h3-12,16,20-21H,13-15H2,1-2H3,(H,22,23);1H. The van der Waals surface area contributed by atoms with Crippen LogP contribution in [0.3, 0.4) is 0 Å². The van der Waals surface area contributed by atoms with Gasteiger partial charge in [0.1, 0.15) is 0 Å². The first kappa shape index (κ1) is 20.2. The van der Waals surface area contributed by atoms with Crippen molar-refractivity contribution >= 4 is 18.3 Å². The third-order valence-corrected chi connectivity index (χ3v) is 3.76. The van der Waals surface area contributed by atoms with Crippen LogP contribution >= 0.6 is 12.4 Å². The summed E-state index contributed by atoms with van der Waals surface area (Å²) in [5.74, 6) is 0.665. The van der Waals surface area contributed by atoms with Gasteiger partial charge in [0, 0.05) is 0 Å². The van der Waals surface area contributed by atoms with Crippen molar-refractivity contribution in [1.82, 2.24) is 10.6 Å². The highest BCUT2D eigenvalue weighted by Crippen LogP contribution is 2.21. The first-order chi connectivity index (χ1) is 11.2. The zero-order valence-corrected chi connectivity index (χ0v) is 15.2. The molecule has 0 saturated heterocycles. The minimum absolute atomic E-state index is 0. The Morgan fingerprint density at radius 1 is 0.917 bits per heavy atom. The molecule has 0 aromatic heterocycles. The smallest absolute Gasteiger partial charge is 0.234 e. The van der Waals surface area contributed by atoms with E-state index in [1.54, 1.807) is 0 Å². The maximum absolute atomic E-state index is 12.3. The molecule has 0 fully saturated rings. The van der Waals surface area contributed by atoms with Crippen LogP contribution in [0.25, 0.3) is 0 Å². The van der Waals surface area contributed by atoms with Crippen molar-refractivity contribution in [2.45, 2.75) is 26.3 Å². The molecule has 0 unspecified atom stereocenters. The van der Waals surface area contributed by atoms with Gasteiger partial charge in [-0.15, -0.1) is 12.4 Å². The zero-order valence-electron chi connectivity index (χ0n) is 14.4. The Morgan fingerprint density at radius 3 is 1.88 bits per heavy atom. The molecule has 0 aliphatic rings. The van der Waals surface area contributed by atoms with Crippen LogP contribution in [0, 0.1) is 5.92 Å². The van der Waals surface area contributed by atoms with E-state index in [-0.39, 0.29) is 24.4 Å². The monoisotopic (exact) mass is 346 g/mol. The van der Waals surface area contributed by atoms with Crippen LogP contribution in [0.5, 0.6) is 0 Å². The van der Waals surface area contributed by atoms with E-state index >= 15 is 0 Å². The number of halogens is 1. The lowest BCUT2D eigenvalue weighted by molar-refractivity contribution is -0.120. The summed E-state index contributed by atoms with van der Waals surface area (Å²) in [4.78, 5) is 12.3. The van der Waals surface area contributed by atoms with Crippen molar-refractivity contribution in [3.05, 3.63) is 71.8 Å². The van der Waals surface area contributed by atoms with Crippen molar-refractivity contribution in [3.8, 4) is 0 Å². The summed E-state index contributed by atoms with van der Waals surface area (Å²) in [6.07, 6.45) is 1.08. The van der Waals surface area contributed by atoms with E-state index in [1.165, 1.54) is 0 Å². The molecule has 0 spiro atoms. The molecule has 2 rings (SSSR count). The molecule has 2 N–H and O–H groups in total. The summed E-state index contributed by atoms with van der Waals surface area (Å²) < 4.78 is 0. The average molecular weight is 347 g/mol. The largest absolute Gasteiger partial charge is 0.344 e. The number of nitrogens with one attached hydrogen (secondary N) is 2. The van der Waals surface area contributed by atoms with Gasteiger partial charge in [0.2, 0.25) is 5.91 Å². The van der Waals surface area contributed by atoms with E-state index in [2.05, 4.69) is 24.5 Å². The zero-order chi connectivity index (χ0) is 16.5. The van der Waals surface area contributed by atoms with Gasteiger partial charge in [-0.1, -0.05) is 74.5 Å². The fourth-order valence-electron chi connectivity index (χ4n) is 2.45. The van der Waals surface area contributed by atoms with Gasteiger partial charge in [0.05, 0.1) is 12.6 Å². The number of hydrogen-bond donors (Lipinski definition) is 2. The summed E-state index contributed by atoms with van der Waals surface area (Å²) in [5.41, 5.74) is 2.18. The molecular weight excluding hydrogens is 320 g/mol. The second-order valence-corrected chi connectivity index (χ2v) is 6.18. The van der Waals surface area contributed by atoms with Crippen molar-refractivity contribution in [2.24, 2.45) is 5.92 Å². The molecular formula is C20H27ClN2O. The Balaban J connectivity index is 0.00000288. The Hall–Kier alpha value is -1.84. The van der Waals surface area contributed by atoms with E-state index in [4.69, 9.17) is 0 Å². The van der Waals surface area contributed by atoms with Crippen molar-refractivity contribution in [1.29, 1.82) is 0 Å². The molecule has 24 heavy (non-hydrogen) atoms. The van der Waals surface area contributed by atoms with Crippen molar-refractivity contribution < 1.29 is 4.79 Å². The van der Waals surface area contributed by atoms with Crippen LogP contribution in [-0.2, 0) is 4.79 Å². The minimum Gasteiger partial charge on any atom is -0.344 e. The molecule has 0 heterocycles. The van der Waals surface area contributed by atoms with Crippen LogP contribution in [0.2, 0.25) is 0 Å².